The van der Waals surface area contributed by atoms with Gasteiger partial charge in [0.25, 0.3) is 0 Å². The van der Waals surface area contributed by atoms with Gasteiger partial charge < -0.3 is 14.2 Å². The van der Waals surface area contributed by atoms with Crippen LogP contribution in [0.1, 0.15) is 0 Å². The van der Waals surface area contributed by atoms with Gasteiger partial charge in [-0.15, -0.1) is 0 Å². The smallest absolute Gasteiger partial charge is 0.205 e. The molecule has 0 atom stereocenters. The lowest BCUT2D eigenvalue weighted by molar-refractivity contribution is 0.326. The summed E-state index contributed by atoms with van der Waals surface area (Å²) < 4.78 is 15.7. The van der Waals surface area contributed by atoms with E-state index in [0.717, 1.165) is 0 Å². The SMILES string of the molecule is COc1cc2ncc(Cl)nc2c(OC)c1OC. The topological polar surface area (TPSA) is 53.5 Å². The Morgan fingerprint density at radius 2 is 1.76 bits per heavy atom. The summed E-state index contributed by atoms with van der Waals surface area (Å²) in [6.07, 6.45) is 1.47. The Balaban J connectivity index is 2.84. The first kappa shape index (κ1) is 11.7. The number of ether oxygens (including phenoxy) is 3. The van der Waals surface area contributed by atoms with Crippen molar-refractivity contribution in [1.29, 1.82) is 0 Å². The quantitative estimate of drug-likeness (QED) is 0.841. The number of benzene rings is 1. The molecule has 0 amide bonds. The maximum absolute atomic E-state index is 5.82. The lowest BCUT2D eigenvalue weighted by Crippen LogP contribution is -1.98. The molecule has 5 nitrogen and oxygen atoms in total. The predicted molar refractivity (Wildman–Crippen MR) is 64.2 cm³/mol. The standard InChI is InChI=1S/C11H11ClN2O3/c1-15-7-4-6-9(14-8(12)5-13-6)11(17-3)10(7)16-2/h4-5H,1-3H3. The molecule has 0 spiro atoms. The van der Waals surface area contributed by atoms with Gasteiger partial charge in [0.2, 0.25) is 5.75 Å². The van der Waals surface area contributed by atoms with E-state index in [-0.39, 0.29) is 0 Å². The second-order valence-electron chi connectivity index (χ2n) is 3.21. The summed E-state index contributed by atoms with van der Waals surface area (Å²) in [6.45, 7) is 0. The van der Waals surface area contributed by atoms with Crippen molar-refractivity contribution in [2.75, 3.05) is 21.3 Å². The molecule has 0 unspecified atom stereocenters. The zero-order chi connectivity index (χ0) is 12.4. The van der Waals surface area contributed by atoms with Gasteiger partial charge in [0.05, 0.1) is 33.0 Å². The Morgan fingerprint density at radius 1 is 1.06 bits per heavy atom. The maximum atomic E-state index is 5.82. The Morgan fingerprint density at radius 3 is 2.35 bits per heavy atom. The first-order valence-corrected chi connectivity index (χ1v) is 5.20. The van der Waals surface area contributed by atoms with E-state index < -0.39 is 0 Å². The largest absolute Gasteiger partial charge is 0.493 e. The van der Waals surface area contributed by atoms with Crippen LogP contribution in [0.15, 0.2) is 12.3 Å². The number of hydrogen-bond donors (Lipinski definition) is 0. The molecule has 17 heavy (non-hydrogen) atoms. The van der Waals surface area contributed by atoms with Crippen molar-refractivity contribution in [3.05, 3.63) is 17.4 Å². The Kier molecular flexibility index (Phi) is 3.19. The highest BCUT2D eigenvalue weighted by Crippen LogP contribution is 2.41. The predicted octanol–water partition coefficient (Wildman–Crippen LogP) is 2.31. The lowest BCUT2D eigenvalue weighted by atomic mass is 10.2. The normalized spacial score (nSPS) is 10.4. The minimum Gasteiger partial charge on any atom is -0.493 e. The third-order valence-corrected chi connectivity index (χ3v) is 2.49. The van der Waals surface area contributed by atoms with E-state index in [1.165, 1.54) is 20.4 Å². The summed E-state index contributed by atoms with van der Waals surface area (Å²) >= 11 is 5.82. The van der Waals surface area contributed by atoms with Gasteiger partial charge in [0.1, 0.15) is 10.7 Å². The molecule has 1 heterocycles. The summed E-state index contributed by atoms with van der Waals surface area (Å²) in [5, 5.41) is 0.294. The average Bonchev–Trinajstić information content (AvgIpc) is 2.36. The zero-order valence-electron chi connectivity index (χ0n) is 9.65. The minimum atomic E-state index is 0.294. The van der Waals surface area contributed by atoms with Gasteiger partial charge in [0.15, 0.2) is 11.5 Å². The van der Waals surface area contributed by atoms with Gasteiger partial charge in [-0.2, -0.15) is 0 Å². The van der Waals surface area contributed by atoms with E-state index in [2.05, 4.69) is 9.97 Å². The van der Waals surface area contributed by atoms with Crippen LogP contribution in [0.2, 0.25) is 5.15 Å². The number of hydrogen-bond acceptors (Lipinski definition) is 5. The molecule has 1 aromatic carbocycles. The Hall–Kier alpha value is -1.75. The number of rotatable bonds is 3. The second kappa shape index (κ2) is 4.63. The van der Waals surface area contributed by atoms with E-state index in [1.54, 1.807) is 13.2 Å². The van der Waals surface area contributed by atoms with Crippen LogP contribution in [0.25, 0.3) is 11.0 Å². The van der Waals surface area contributed by atoms with E-state index in [1.807, 2.05) is 0 Å². The summed E-state index contributed by atoms with van der Waals surface area (Å²) in [5.41, 5.74) is 1.17. The first-order valence-electron chi connectivity index (χ1n) is 4.82. The van der Waals surface area contributed by atoms with Crippen LogP contribution in [-0.2, 0) is 0 Å². The van der Waals surface area contributed by atoms with Crippen molar-refractivity contribution in [2.24, 2.45) is 0 Å². The lowest BCUT2D eigenvalue weighted by Gasteiger charge is -2.13. The second-order valence-corrected chi connectivity index (χ2v) is 3.59. The molecule has 0 bridgehead atoms. The Bertz CT molecular complexity index is 560. The summed E-state index contributed by atoms with van der Waals surface area (Å²) in [7, 11) is 4.61. The molecule has 6 heteroatoms. The van der Waals surface area contributed by atoms with Crippen LogP contribution in [-0.4, -0.2) is 31.3 Å². The van der Waals surface area contributed by atoms with Gasteiger partial charge >= 0.3 is 0 Å². The average molecular weight is 255 g/mol. The number of nitrogens with zero attached hydrogens (tertiary/aromatic N) is 2. The molecule has 0 saturated carbocycles. The minimum absolute atomic E-state index is 0.294. The highest BCUT2D eigenvalue weighted by molar-refractivity contribution is 6.29. The van der Waals surface area contributed by atoms with E-state index in [0.29, 0.717) is 33.4 Å². The van der Waals surface area contributed by atoms with Crippen molar-refractivity contribution in [2.45, 2.75) is 0 Å². The highest BCUT2D eigenvalue weighted by Gasteiger charge is 2.17. The zero-order valence-corrected chi connectivity index (χ0v) is 10.4. The fourth-order valence-corrected chi connectivity index (χ4v) is 1.73. The fourth-order valence-electron chi connectivity index (χ4n) is 1.59. The van der Waals surface area contributed by atoms with Gasteiger partial charge in [0, 0.05) is 6.07 Å². The molecule has 90 valence electrons. The molecule has 0 fully saturated rings. The molecule has 2 rings (SSSR count). The fraction of sp³-hybridized carbons (Fsp3) is 0.273. The molecule has 0 saturated heterocycles. The number of fused-ring (bicyclic) bond motifs is 1. The molecular formula is C11H11ClN2O3. The van der Waals surface area contributed by atoms with E-state index >= 15 is 0 Å². The molecule has 0 aliphatic rings. The van der Waals surface area contributed by atoms with Crippen LogP contribution < -0.4 is 14.2 Å². The third-order valence-electron chi connectivity index (χ3n) is 2.31. The van der Waals surface area contributed by atoms with Crippen LogP contribution in [0.3, 0.4) is 0 Å². The number of aromatic nitrogens is 2. The molecule has 0 aliphatic heterocycles. The molecule has 0 aliphatic carbocycles. The Labute approximate surface area is 103 Å². The molecule has 2 aromatic rings. The van der Waals surface area contributed by atoms with E-state index in [4.69, 9.17) is 25.8 Å². The monoisotopic (exact) mass is 254 g/mol. The van der Waals surface area contributed by atoms with Gasteiger partial charge in [-0.05, 0) is 0 Å². The van der Waals surface area contributed by atoms with Crippen molar-refractivity contribution in [3.63, 3.8) is 0 Å². The summed E-state index contributed by atoms with van der Waals surface area (Å²) in [5.74, 6) is 1.46. The van der Waals surface area contributed by atoms with Crippen molar-refractivity contribution >= 4 is 22.6 Å². The molecule has 0 radical (unpaired) electrons. The molecular weight excluding hydrogens is 244 g/mol. The van der Waals surface area contributed by atoms with Gasteiger partial charge in [-0.1, -0.05) is 11.6 Å². The van der Waals surface area contributed by atoms with Crippen LogP contribution in [0, 0.1) is 0 Å². The van der Waals surface area contributed by atoms with Crippen LogP contribution in [0.5, 0.6) is 17.2 Å². The number of halogens is 1. The van der Waals surface area contributed by atoms with Crippen LogP contribution >= 0.6 is 11.6 Å². The summed E-state index contributed by atoms with van der Waals surface area (Å²) in [4.78, 5) is 8.34. The van der Waals surface area contributed by atoms with Crippen LogP contribution in [0.4, 0.5) is 0 Å². The van der Waals surface area contributed by atoms with Gasteiger partial charge in [-0.25, -0.2) is 4.98 Å². The van der Waals surface area contributed by atoms with Crippen molar-refractivity contribution in [3.8, 4) is 17.2 Å². The molecule has 0 N–H and O–H groups in total. The molecule has 1 aromatic heterocycles. The van der Waals surface area contributed by atoms with E-state index in [9.17, 15) is 0 Å². The third kappa shape index (κ3) is 1.93. The number of methoxy groups -OCH3 is 3. The highest BCUT2D eigenvalue weighted by atomic mass is 35.5. The maximum Gasteiger partial charge on any atom is 0.205 e. The first-order chi connectivity index (χ1) is 8.21. The van der Waals surface area contributed by atoms with Crippen molar-refractivity contribution < 1.29 is 14.2 Å². The summed E-state index contributed by atoms with van der Waals surface area (Å²) in [6, 6.07) is 1.72. The van der Waals surface area contributed by atoms with Gasteiger partial charge in [-0.3, -0.25) is 4.98 Å². The van der Waals surface area contributed by atoms with Crippen molar-refractivity contribution in [1.82, 2.24) is 9.97 Å².